The number of ether oxygens (including phenoxy) is 1. The zero-order valence-corrected chi connectivity index (χ0v) is 9.02. The van der Waals surface area contributed by atoms with Crippen molar-refractivity contribution >= 4 is 21.6 Å². The van der Waals surface area contributed by atoms with Crippen LogP contribution in [0.4, 0.5) is 0 Å². The fourth-order valence-electron chi connectivity index (χ4n) is 1.36. The van der Waals surface area contributed by atoms with Crippen molar-refractivity contribution in [2.45, 2.75) is 0 Å². The van der Waals surface area contributed by atoms with Crippen LogP contribution in [0.15, 0.2) is 42.3 Å². The molecular formula is C11H7N3OS. The third-order valence-electron chi connectivity index (χ3n) is 2.06. The van der Waals surface area contributed by atoms with Gasteiger partial charge in [0.25, 0.3) is 0 Å². The van der Waals surface area contributed by atoms with Crippen molar-refractivity contribution < 1.29 is 4.74 Å². The fraction of sp³-hybridized carbons (Fsp3) is 0. The molecule has 0 aliphatic carbocycles. The minimum atomic E-state index is 0.492. The van der Waals surface area contributed by atoms with Crippen LogP contribution in [0.25, 0.3) is 10.2 Å². The summed E-state index contributed by atoms with van der Waals surface area (Å²) in [6.45, 7) is 0. The Kier molecular flexibility index (Phi) is 2.23. The first-order chi connectivity index (χ1) is 7.92. The number of benzene rings is 1. The van der Waals surface area contributed by atoms with Crippen molar-refractivity contribution in [2.75, 3.05) is 0 Å². The summed E-state index contributed by atoms with van der Waals surface area (Å²) in [4.78, 5) is 12.2. The number of aromatic nitrogens is 3. The summed E-state index contributed by atoms with van der Waals surface area (Å²) >= 11 is 1.58. The first kappa shape index (κ1) is 9.23. The normalized spacial score (nSPS) is 10.5. The number of fused-ring (bicyclic) bond motifs is 1. The molecule has 0 aliphatic rings. The number of nitrogens with zero attached hydrogens (tertiary/aromatic N) is 3. The molecule has 0 N–H and O–H groups in total. The highest BCUT2D eigenvalue weighted by Gasteiger charge is 2.01. The number of hydrogen-bond donors (Lipinski definition) is 0. The molecule has 1 aromatic carbocycles. The van der Waals surface area contributed by atoms with Gasteiger partial charge >= 0.3 is 0 Å². The van der Waals surface area contributed by atoms with Crippen LogP contribution in [0.1, 0.15) is 0 Å². The van der Waals surface area contributed by atoms with Crippen LogP contribution >= 0.6 is 11.3 Å². The Hall–Kier alpha value is -2.01. The molecule has 3 aromatic rings. The molecule has 0 radical (unpaired) electrons. The van der Waals surface area contributed by atoms with E-state index in [4.69, 9.17) is 4.74 Å². The molecule has 3 rings (SSSR count). The zero-order valence-electron chi connectivity index (χ0n) is 8.20. The molecule has 0 saturated carbocycles. The predicted molar refractivity (Wildman–Crippen MR) is 61.7 cm³/mol. The van der Waals surface area contributed by atoms with E-state index in [-0.39, 0.29) is 0 Å². The Bertz CT molecular complexity index is 609. The van der Waals surface area contributed by atoms with Gasteiger partial charge in [0.05, 0.1) is 21.9 Å². The maximum absolute atomic E-state index is 5.56. The minimum Gasteiger partial charge on any atom is -0.437 e. The molecule has 0 atom stereocenters. The zero-order chi connectivity index (χ0) is 10.8. The SMILES string of the molecule is c1cnc(Oc2ccc3ncsc3c2)cn1. The van der Waals surface area contributed by atoms with E-state index in [1.54, 1.807) is 29.9 Å². The number of hydrogen-bond acceptors (Lipinski definition) is 5. The third kappa shape index (κ3) is 1.72. The molecule has 0 amide bonds. The molecule has 2 heterocycles. The standard InChI is InChI=1S/C11H7N3OS/c1-2-9-10(16-7-14-9)5-8(1)15-11-6-12-3-4-13-11/h1-7H. The monoisotopic (exact) mass is 229 g/mol. The lowest BCUT2D eigenvalue weighted by atomic mass is 10.3. The smallest absolute Gasteiger partial charge is 0.237 e. The van der Waals surface area contributed by atoms with Crippen molar-refractivity contribution in [3.63, 3.8) is 0 Å². The van der Waals surface area contributed by atoms with Crippen LogP contribution in [0.3, 0.4) is 0 Å². The Labute approximate surface area is 95.6 Å². The van der Waals surface area contributed by atoms with Gasteiger partial charge in [0.1, 0.15) is 5.75 Å². The van der Waals surface area contributed by atoms with Crippen LogP contribution in [-0.2, 0) is 0 Å². The molecule has 2 aromatic heterocycles. The van der Waals surface area contributed by atoms with Crippen LogP contribution in [0.2, 0.25) is 0 Å². The van der Waals surface area contributed by atoms with Gasteiger partial charge in [-0.1, -0.05) is 0 Å². The Morgan fingerprint density at radius 2 is 2.12 bits per heavy atom. The van der Waals surface area contributed by atoms with Crippen LogP contribution in [0, 0.1) is 0 Å². The number of thiazole rings is 1. The molecule has 0 spiro atoms. The Morgan fingerprint density at radius 1 is 1.12 bits per heavy atom. The number of rotatable bonds is 2. The summed E-state index contributed by atoms with van der Waals surface area (Å²) in [5.41, 5.74) is 2.80. The van der Waals surface area contributed by atoms with Crippen molar-refractivity contribution in [2.24, 2.45) is 0 Å². The van der Waals surface area contributed by atoms with E-state index in [1.165, 1.54) is 0 Å². The van der Waals surface area contributed by atoms with Crippen LogP contribution in [-0.4, -0.2) is 15.0 Å². The van der Waals surface area contributed by atoms with Gasteiger partial charge in [0.2, 0.25) is 5.88 Å². The maximum Gasteiger partial charge on any atom is 0.237 e. The molecule has 78 valence electrons. The summed E-state index contributed by atoms with van der Waals surface area (Å²) in [5, 5.41) is 0. The summed E-state index contributed by atoms with van der Waals surface area (Å²) in [6.07, 6.45) is 4.79. The average molecular weight is 229 g/mol. The topological polar surface area (TPSA) is 47.9 Å². The highest BCUT2D eigenvalue weighted by molar-refractivity contribution is 7.16. The van der Waals surface area contributed by atoms with Gasteiger partial charge in [-0.3, -0.25) is 4.98 Å². The summed E-state index contributed by atoms with van der Waals surface area (Å²) in [5.74, 6) is 1.24. The lowest BCUT2D eigenvalue weighted by molar-refractivity contribution is 0.461. The van der Waals surface area contributed by atoms with Crippen molar-refractivity contribution in [1.82, 2.24) is 15.0 Å². The van der Waals surface area contributed by atoms with Gasteiger partial charge < -0.3 is 4.74 Å². The second-order valence-electron chi connectivity index (χ2n) is 3.13. The lowest BCUT2D eigenvalue weighted by Gasteiger charge is -2.02. The lowest BCUT2D eigenvalue weighted by Crippen LogP contribution is -1.87. The van der Waals surface area contributed by atoms with Gasteiger partial charge in [-0.05, 0) is 12.1 Å². The third-order valence-corrected chi connectivity index (χ3v) is 2.86. The first-order valence-corrected chi connectivity index (χ1v) is 5.57. The molecule has 0 unspecified atom stereocenters. The van der Waals surface area contributed by atoms with Gasteiger partial charge in [-0.25, -0.2) is 9.97 Å². The van der Waals surface area contributed by atoms with E-state index >= 15 is 0 Å². The maximum atomic E-state index is 5.56. The highest BCUT2D eigenvalue weighted by atomic mass is 32.1. The van der Waals surface area contributed by atoms with E-state index < -0.39 is 0 Å². The molecule has 0 bridgehead atoms. The van der Waals surface area contributed by atoms with E-state index in [0.717, 1.165) is 16.0 Å². The highest BCUT2D eigenvalue weighted by Crippen LogP contribution is 2.25. The first-order valence-electron chi connectivity index (χ1n) is 4.69. The van der Waals surface area contributed by atoms with E-state index in [1.807, 2.05) is 23.7 Å². The molecule has 0 fully saturated rings. The van der Waals surface area contributed by atoms with Crippen molar-refractivity contribution in [3.8, 4) is 11.6 Å². The fourth-order valence-corrected chi connectivity index (χ4v) is 2.06. The van der Waals surface area contributed by atoms with E-state index in [9.17, 15) is 0 Å². The molecule has 5 heteroatoms. The van der Waals surface area contributed by atoms with Gasteiger partial charge in [0, 0.05) is 18.5 Å². The van der Waals surface area contributed by atoms with Gasteiger partial charge in [-0.2, -0.15) is 0 Å². The molecule has 16 heavy (non-hydrogen) atoms. The van der Waals surface area contributed by atoms with Crippen LogP contribution in [0.5, 0.6) is 11.6 Å². The second-order valence-corrected chi connectivity index (χ2v) is 4.01. The minimum absolute atomic E-state index is 0.492. The van der Waals surface area contributed by atoms with Crippen molar-refractivity contribution in [3.05, 3.63) is 42.3 Å². The molecule has 0 saturated heterocycles. The summed E-state index contributed by atoms with van der Waals surface area (Å²) < 4.78 is 6.66. The summed E-state index contributed by atoms with van der Waals surface area (Å²) in [7, 11) is 0. The van der Waals surface area contributed by atoms with Crippen LogP contribution < -0.4 is 4.74 Å². The van der Waals surface area contributed by atoms with E-state index in [0.29, 0.717) is 5.88 Å². The largest absolute Gasteiger partial charge is 0.437 e. The Morgan fingerprint density at radius 3 is 3.00 bits per heavy atom. The molecular weight excluding hydrogens is 222 g/mol. The molecule has 4 nitrogen and oxygen atoms in total. The summed E-state index contributed by atoms with van der Waals surface area (Å²) in [6, 6.07) is 5.75. The molecule has 0 aliphatic heterocycles. The Balaban J connectivity index is 1.94. The quantitative estimate of drug-likeness (QED) is 0.678. The van der Waals surface area contributed by atoms with Gasteiger partial charge in [-0.15, -0.1) is 11.3 Å². The predicted octanol–water partition coefficient (Wildman–Crippen LogP) is 2.88. The second kappa shape index (κ2) is 3.86. The van der Waals surface area contributed by atoms with Gasteiger partial charge in [0.15, 0.2) is 0 Å². The van der Waals surface area contributed by atoms with E-state index in [2.05, 4.69) is 15.0 Å². The average Bonchev–Trinajstić information content (AvgIpc) is 2.77. The van der Waals surface area contributed by atoms with Crippen molar-refractivity contribution in [1.29, 1.82) is 0 Å².